The van der Waals surface area contributed by atoms with E-state index in [9.17, 15) is 4.79 Å². The Hall–Kier alpha value is -1.14. The second-order valence-corrected chi connectivity index (χ2v) is 5.62. The Morgan fingerprint density at radius 2 is 2.00 bits per heavy atom. The molecule has 6 heteroatoms. The molecule has 0 unspecified atom stereocenters. The smallest absolute Gasteiger partial charge is 0.251 e. The van der Waals surface area contributed by atoms with Gasteiger partial charge in [-0.3, -0.25) is 9.48 Å². The van der Waals surface area contributed by atoms with Crippen molar-refractivity contribution in [3.8, 4) is 0 Å². The van der Waals surface area contributed by atoms with Crippen LogP contribution in [0.4, 0.5) is 0 Å². The van der Waals surface area contributed by atoms with E-state index in [4.69, 9.17) is 0 Å². The largest absolute Gasteiger partial charge is 0.346 e. The summed E-state index contributed by atoms with van der Waals surface area (Å²) >= 11 is 6.72. The summed E-state index contributed by atoms with van der Waals surface area (Å²) in [6.07, 6.45) is 1.71. The van der Waals surface area contributed by atoms with Crippen LogP contribution in [0.5, 0.6) is 0 Å². The minimum Gasteiger partial charge on any atom is -0.346 e. The normalized spacial score (nSPS) is 10.4. The van der Waals surface area contributed by atoms with Crippen LogP contribution in [0, 0.1) is 0 Å². The number of carbonyl (C=O) groups excluding carboxylic acids is 1. The average Bonchev–Trinajstić information content (AvgIpc) is 2.70. The van der Waals surface area contributed by atoms with Gasteiger partial charge in [-0.2, -0.15) is 5.10 Å². The number of nitrogens with zero attached hydrogens (tertiary/aromatic N) is 2. The Balaban J connectivity index is 2.06. The van der Waals surface area contributed by atoms with Gasteiger partial charge in [0.15, 0.2) is 0 Å². The molecule has 18 heavy (non-hydrogen) atoms. The Morgan fingerprint density at radius 3 is 2.56 bits per heavy atom. The molecule has 94 valence electrons. The molecule has 1 amide bonds. The first kappa shape index (κ1) is 13.3. The van der Waals surface area contributed by atoms with Crippen LogP contribution in [0.1, 0.15) is 16.1 Å². The van der Waals surface area contributed by atoms with E-state index in [0.717, 1.165) is 14.6 Å². The van der Waals surface area contributed by atoms with Crippen molar-refractivity contribution in [2.24, 2.45) is 7.05 Å². The first-order chi connectivity index (χ1) is 8.56. The highest BCUT2D eigenvalue weighted by molar-refractivity contribution is 9.11. The number of hydrogen-bond acceptors (Lipinski definition) is 2. The number of carbonyl (C=O) groups is 1. The van der Waals surface area contributed by atoms with Crippen molar-refractivity contribution in [2.45, 2.75) is 6.54 Å². The summed E-state index contributed by atoms with van der Waals surface area (Å²) in [4.78, 5) is 12.0. The molecule has 0 bridgehead atoms. The SMILES string of the molecule is Cn1nccc1CNC(=O)c1cc(Br)cc(Br)c1. The summed E-state index contributed by atoms with van der Waals surface area (Å²) in [7, 11) is 1.84. The van der Waals surface area contributed by atoms with Crippen LogP contribution in [-0.4, -0.2) is 15.7 Å². The van der Waals surface area contributed by atoms with Crippen molar-refractivity contribution in [1.82, 2.24) is 15.1 Å². The molecule has 0 aliphatic carbocycles. The molecule has 1 aromatic carbocycles. The van der Waals surface area contributed by atoms with Gasteiger partial charge >= 0.3 is 0 Å². The Morgan fingerprint density at radius 1 is 1.33 bits per heavy atom. The van der Waals surface area contributed by atoms with E-state index in [1.165, 1.54) is 0 Å². The van der Waals surface area contributed by atoms with Gasteiger partial charge in [-0.25, -0.2) is 0 Å². The molecule has 0 aliphatic heterocycles. The van der Waals surface area contributed by atoms with Crippen LogP contribution in [0.2, 0.25) is 0 Å². The van der Waals surface area contributed by atoms with E-state index in [0.29, 0.717) is 12.1 Å². The number of halogens is 2. The van der Waals surface area contributed by atoms with Crippen LogP contribution in [0.15, 0.2) is 39.4 Å². The van der Waals surface area contributed by atoms with E-state index >= 15 is 0 Å². The maximum absolute atomic E-state index is 12.0. The fourth-order valence-corrected chi connectivity index (χ4v) is 2.83. The first-order valence-electron chi connectivity index (χ1n) is 5.27. The fraction of sp³-hybridized carbons (Fsp3) is 0.167. The lowest BCUT2D eigenvalue weighted by molar-refractivity contribution is 0.0950. The van der Waals surface area contributed by atoms with E-state index in [1.807, 2.05) is 19.2 Å². The Labute approximate surface area is 122 Å². The minimum absolute atomic E-state index is 0.113. The maximum atomic E-state index is 12.0. The third-order valence-corrected chi connectivity index (χ3v) is 3.39. The van der Waals surface area contributed by atoms with Gasteiger partial charge in [0.1, 0.15) is 0 Å². The van der Waals surface area contributed by atoms with Crippen LogP contribution in [-0.2, 0) is 13.6 Å². The number of benzene rings is 1. The quantitative estimate of drug-likeness (QED) is 0.900. The molecule has 1 heterocycles. The molecule has 1 aromatic heterocycles. The monoisotopic (exact) mass is 371 g/mol. The molecule has 4 nitrogen and oxygen atoms in total. The molecule has 2 aromatic rings. The van der Waals surface area contributed by atoms with Crippen molar-refractivity contribution < 1.29 is 4.79 Å². The van der Waals surface area contributed by atoms with E-state index in [-0.39, 0.29) is 5.91 Å². The topological polar surface area (TPSA) is 46.9 Å². The lowest BCUT2D eigenvalue weighted by Gasteiger charge is -2.06. The molecule has 1 N–H and O–H groups in total. The van der Waals surface area contributed by atoms with Crippen LogP contribution in [0.25, 0.3) is 0 Å². The molecule has 0 saturated heterocycles. The van der Waals surface area contributed by atoms with Crippen molar-refractivity contribution in [3.05, 3.63) is 50.7 Å². The van der Waals surface area contributed by atoms with E-state index < -0.39 is 0 Å². The van der Waals surface area contributed by atoms with Gasteiger partial charge in [0.25, 0.3) is 5.91 Å². The highest BCUT2D eigenvalue weighted by Crippen LogP contribution is 2.20. The van der Waals surface area contributed by atoms with Crippen molar-refractivity contribution >= 4 is 37.8 Å². The summed E-state index contributed by atoms with van der Waals surface area (Å²) in [5.74, 6) is -0.113. The Kier molecular flexibility index (Phi) is 4.19. The summed E-state index contributed by atoms with van der Waals surface area (Å²) < 4.78 is 3.46. The van der Waals surface area contributed by atoms with Gasteiger partial charge in [-0.15, -0.1) is 0 Å². The standard InChI is InChI=1S/C12H11Br2N3O/c1-17-11(2-3-16-17)7-15-12(18)8-4-9(13)6-10(14)5-8/h2-6H,7H2,1H3,(H,15,18). The molecule has 0 atom stereocenters. The molecule has 0 spiro atoms. The van der Waals surface area contributed by atoms with Gasteiger partial charge in [-0.05, 0) is 24.3 Å². The van der Waals surface area contributed by atoms with Gasteiger partial charge in [0.05, 0.1) is 12.2 Å². The lowest BCUT2D eigenvalue weighted by atomic mass is 10.2. The number of aryl methyl sites for hydroxylation is 1. The molecule has 2 rings (SSSR count). The molecular formula is C12H11Br2N3O. The van der Waals surface area contributed by atoms with Gasteiger partial charge in [-0.1, -0.05) is 31.9 Å². The third-order valence-electron chi connectivity index (χ3n) is 2.48. The summed E-state index contributed by atoms with van der Waals surface area (Å²) in [5, 5.41) is 6.90. The number of aromatic nitrogens is 2. The number of hydrogen-bond donors (Lipinski definition) is 1. The second-order valence-electron chi connectivity index (χ2n) is 3.79. The fourth-order valence-electron chi connectivity index (χ4n) is 1.53. The van der Waals surface area contributed by atoms with E-state index in [2.05, 4.69) is 42.3 Å². The zero-order chi connectivity index (χ0) is 13.1. The zero-order valence-corrected chi connectivity index (χ0v) is 12.8. The number of rotatable bonds is 3. The summed E-state index contributed by atoms with van der Waals surface area (Å²) in [5.41, 5.74) is 1.57. The van der Waals surface area contributed by atoms with Crippen LogP contribution < -0.4 is 5.32 Å². The van der Waals surface area contributed by atoms with Gasteiger partial charge < -0.3 is 5.32 Å². The molecule has 0 radical (unpaired) electrons. The zero-order valence-electron chi connectivity index (χ0n) is 9.65. The first-order valence-corrected chi connectivity index (χ1v) is 6.86. The van der Waals surface area contributed by atoms with Crippen LogP contribution in [0.3, 0.4) is 0 Å². The predicted molar refractivity (Wildman–Crippen MR) is 76.2 cm³/mol. The number of amides is 1. The highest BCUT2D eigenvalue weighted by atomic mass is 79.9. The molecule has 0 saturated carbocycles. The summed E-state index contributed by atoms with van der Waals surface area (Å²) in [6.45, 7) is 0.458. The van der Waals surface area contributed by atoms with Crippen molar-refractivity contribution in [1.29, 1.82) is 0 Å². The van der Waals surface area contributed by atoms with Crippen molar-refractivity contribution in [3.63, 3.8) is 0 Å². The molecular weight excluding hydrogens is 362 g/mol. The molecule has 0 aliphatic rings. The Bertz CT molecular complexity index is 560. The highest BCUT2D eigenvalue weighted by Gasteiger charge is 2.08. The van der Waals surface area contributed by atoms with Gasteiger partial charge in [0.2, 0.25) is 0 Å². The predicted octanol–water partition coefficient (Wildman–Crippen LogP) is 2.88. The average molecular weight is 373 g/mol. The maximum Gasteiger partial charge on any atom is 0.251 e. The summed E-state index contributed by atoms with van der Waals surface area (Å²) in [6, 6.07) is 7.32. The van der Waals surface area contributed by atoms with E-state index in [1.54, 1.807) is 23.0 Å². The minimum atomic E-state index is -0.113. The second kappa shape index (κ2) is 5.67. The lowest BCUT2D eigenvalue weighted by Crippen LogP contribution is -2.24. The molecule has 0 fully saturated rings. The van der Waals surface area contributed by atoms with Crippen LogP contribution >= 0.6 is 31.9 Å². The number of nitrogens with one attached hydrogen (secondary N) is 1. The third kappa shape index (κ3) is 3.20. The van der Waals surface area contributed by atoms with Crippen molar-refractivity contribution in [2.75, 3.05) is 0 Å². The van der Waals surface area contributed by atoms with Gasteiger partial charge in [0, 0.05) is 27.8 Å².